The summed E-state index contributed by atoms with van der Waals surface area (Å²) in [5.74, 6) is -0.920. The highest BCUT2D eigenvalue weighted by atomic mass is 16.5. The lowest BCUT2D eigenvalue weighted by Crippen LogP contribution is -2.61. The van der Waals surface area contributed by atoms with Gasteiger partial charge in [-0.15, -0.1) is 0 Å². The Morgan fingerprint density at radius 2 is 1.89 bits per heavy atom. The number of likely N-dealkylation sites (tertiary alicyclic amines) is 1. The summed E-state index contributed by atoms with van der Waals surface area (Å²) in [7, 11) is 1.93. The van der Waals surface area contributed by atoms with Gasteiger partial charge in [-0.3, -0.25) is 29.6 Å². The quantitative estimate of drug-likeness (QED) is 0.572. The molecular weight excluding hydrogens is 358 g/mol. The molecule has 1 aromatic heterocycles. The highest BCUT2D eigenvalue weighted by Gasteiger charge is 2.55. The lowest BCUT2D eigenvalue weighted by atomic mass is 9.80. The van der Waals surface area contributed by atoms with Crippen molar-refractivity contribution in [1.29, 1.82) is 0 Å². The Hall–Kier alpha value is -2.03. The third-order valence-corrected chi connectivity index (χ3v) is 6.59. The molecule has 2 aliphatic heterocycles. The molecule has 1 aliphatic carbocycles. The Bertz CT molecular complexity index is 716. The zero-order chi connectivity index (χ0) is 19.7. The molecule has 3 aliphatic rings. The predicted molar refractivity (Wildman–Crippen MR) is 102 cm³/mol. The molecule has 1 aromatic rings. The van der Waals surface area contributed by atoms with Crippen LogP contribution >= 0.6 is 0 Å². The average Bonchev–Trinajstić information content (AvgIpc) is 3.46. The first kappa shape index (κ1) is 19.3. The summed E-state index contributed by atoms with van der Waals surface area (Å²) in [6.45, 7) is 4.64. The molecular formula is C20H29N5O3. The number of carbonyl (C=O) groups excluding carboxylic acids is 2. The molecule has 2 N–H and O–H groups in total. The SMILES string of the molecule is CN1CC2(CC2)C[C@H](C(=O)NO)[C@H]1C(=O)N1CCN(Cc2ccncc2)CC1. The fourth-order valence-corrected chi connectivity index (χ4v) is 4.86. The van der Waals surface area contributed by atoms with Crippen molar-refractivity contribution in [2.24, 2.45) is 11.3 Å². The van der Waals surface area contributed by atoms with Crippen molar-refractivity contribution in [2.45, 2.75) is 31.8 Å². The van der Waals surface area contributed by atoms with Gasteiger partial charge in [0.05, 0.1) is 5.92 Å². The number of carbonyl (C=O) groups is 2. The van der Waals surface area contributed by atoms with E-state index in [-0.39, 0.29) is 11.3 Å². The van der Waals surface area contributed by atoms with Crippen molar-refractivity contribution in [3.05, 3.63) is 30.1 Å². The summed E-state index contributed by atoms with van der Waals surface area (Å²) in [6.07, 6.45) is 6.48. The van der Waals surface area contributed by atoms with Gasteiger partial charge in [-0.2, -0.15) is 0 Å². The van der Waals surface area contributed by atoms with E-state index in [0.29, 0.717) is 19.5 Å². The molecule has 8 heteroatoms. The number of likely N-dealkylation sites (N-methyl/N-ethyl adjacent to an activating group) is 1. The number of nitrogens with one attached hydrogen (secondary N) is 1. The van der Waals surface area contributed by atoms with E-state index in [4.69, 9.17) is 0 Å². The number of piperazine rings is 1. The monoisotopic (exact) mass is 387 g/mol. The van der Waals surface area contributed by atoms with Crippen LogP contribution < -0.4 is 5.48 Å². The molecule has 2 saturated heterocycles. The molecule has 152 valence electrons. The van der Waals surface area contributed by atoms with E-state index in [0.717, 1.165) is 39.0 Å². The van der Waals surface area contributed by atoms with E-state index < -0.39 is 17.9 Å². The fraction of sp³-hybridized carbons (Fsp3) is 0.650. The summed E-state index contributed by atoms with van der Waals surface area (Å²) < 4.78 is 0. The number of amides is 2. The van der Waals surface area contributed by atoms with Crippen LogP contribution in [0.15, 0.2) is 24.5 Å². The molecule has 0 radical (unpaired) electrons. The van der Waals surface area contributed by atoms with Crippen LogP contribution in [0.5, 0.6) is 0 Å². The molecule has 28 heavy (non-hydrogen) atoms. The highest BCUT2D eigenvalue weighted by Crippen LogP contribution is 2.54. The largest absolute Gasteiger partial charge is 0.339 e. The van der Waals surface area contributed by atoms with E-state index in [2.05, 4.69) is 9.88 Å². The minimum atomic E-state index is -0.495. The van der Waals surface area contributed by atoms with Gasteiger partial charge < -0.3 is 4.90 Å². The van der Waals surface area contributed by atoms with Crippen molar-refractivity contribution in [2.75, 3.05) is 39.8 Å². The highest BCUT2D eigenvalue weighted by molar-refractivity contribution is 5.90. The number of hydrogen-bond donors (Lipinski definition) is 2. The van der Waals surface area contributed by atoms with E-state index in [9.17, 15) is 14.8 Å². The predicted octanol–water partition coefficient (Wildman–Crippen LogP) is 0.332. The Morgan fingerprint density at radius 1 is 1.21 bits per heavy atom. The van der Waals surface area contributed by atoms with Gasteiger partial charge in [0.15, 0.2) is 0 Å². The maximum absolute atomic E-state index is 13.3. The number of pyridine rings is 1. The lowest BCUT2D eigenvalue weighted by molar-refractivity contribution is -0.151. The molecule has 1 saturated carbocycles. The first-order valence-corrected chi connectivity index (χ1v) is 10.1. The first-order chi connectivity index (χ1) is 13.5. The minimum absolute atomic E-state index is 0.00941. The molecule has 4 rings (SSSR count). The van der Waals surface area contributed by atoms with Crippen LogP contribution in [0.25, 0.3) is 0 Å². The van der Waals surface area contributed by atoms with E-state index in [1.807, 2.05) is 29.0 Å². The van der Waals surface area contributed by atoms with Crippen molar-refractivity contribution in [1.82, 2.24) is 25.2 Å². The van der Waals surface area contributed by atoms with Crippen LogP contribution in [-0.4, -0.2) is 82.5 Å². The summed E-state index contributed by atoms with van der Waals surface area (Å²) in [6, 6.07) is 3.53. The molecule has 3 fully saturated rings. The van der Waals surface area contributed by atoms with Crippen LogP contribution in [0.1, 0.15) is 24.8 Å². The molecule has 0 bridgehead atoms. The van der Waals surface area contributed by atoms with Gasteiger partial charge in [0.25, 0.3) is 0 Å². The maximum Gasteiger partial charge on any atom is 0.248 e. The topological polar surface area (TPSA) is 89.0 Å². The van der Waals surface area contributed by atoms with Crippen LogP contribution in [0.3, 0.4) is 0 Å². The second-order valence-corrected chi connectivity index (χ2v) is 8.60. The summed E-state index contributed by atoms with van der Waals surface area (Å²) in [5, 5.41) is 9.19. The first-order valence-electron chi connectivity index (χ1n) is 10.1. The smallest absolute Gasteiger partial charge is 0.248 e. The van der Waals surface area contributed by atoms with Gasteiger partial charge in [0.2, 0.25) is 11.8 Å². The maximum atomic E-state index is 13.3. The normalized spacial score (nSPS) is 27.6. The molecule has 0 unspecified atom stereocenters. The molecule has 2 atom stereocenters. The van der Waals surface area contributed by atoms with Gasteiger partial charge >= 0.3 is 0 Å². The number of rotatable bonds is 4. The van der Waals surface area contributed by atoms with Gasteiger partial charge in [-0.05, 0) is 49.4 Å². The zero-order valence-corrected chi connectivity index (χ0v) is 16.4. The molecule has 8 nitrogen and oxygen atoms in total. The van der Waals surface area contributed by atoms with Gasteiger partial charge in [0.1, 0.15) is 6.04 Å². The van der Waals surface area contributed by atoms with Crippen molar-refractivity contribution < 1.29 is 14.8 Å². The number of hydrogen-bond acceptors (Lipinski definition) is 6. The van der Waals surface area contributed by atoms with Crippen molar-refractivity contribution >= 4 is 11.8 Å². The van der Waals surface area contributed by atoms with Crippen LogP contribution in [0, 0.1) is 11.3 Å². The third-order valence-electron chi connectivity index (χ3n) is 6.59. The zero-order valence-electron chi connectivity index (χ0n) is 16.4. The number of aromatic nitrogens is 1. The summed E-state index contributed by atoms with van der Waals surface area (Å²) >= 11 is 0. The van der Waals surface area contributed by atoms with Crippen LogP contribution in [0.4, 0.5) is 0 Å². The standard InChI is InChI=1S/C20H29N5O3/c1-23-14-20(4-5-20)12-16(18(26)22-28)17(23)19(27)25-10-8-24(9-11-25)13-15-2-6-21-7-3-15/h2-3,6-7,16-17,28H,4-5,8-14H2,1H3,(H,22,26)/t16-,17-/m0/s1. The molecule has 0 aromatic carbocycles. The second-order valence-electron chi connectivity index (χ2n) is 8.60. The Morgan fingerprint density at radius 3 is 2.50 bits per heavy atom. The van der Waals surface area contributed by atoms with E-state index in [1.165, 1.54) is 5.56 Å². The summed E-state index contributed by atoms with van der Waals surface area (Å²) in [4.78, 5) is 35.9. The lowest BCUT2D eigenvalue weighted by Gasteiger charge is -2.44. The Labute approximate surface area is 165 Å². The fourth-order valence-electron chi connectivity index (χ4n) is 4.86. The average molecular weight is 387 g/mol. The molecule has 3 heterocycles. The third kappa shape index (κ3) is 3.90. The number of nitrogens with zero attached hydrogens (tertiary/aromatic N) is 4. The van der Waals surface area contributed by atoms with Crippen molar-refractivity contribution in [3.8, 4) is 0 Å². The van der Waals surface area contributed by atoms with E-state index >= 15 is 0 Å². The number of piperidine rings is 1. The number of hydroxylamine groups is 1. The van der Waals surface area contributed by atoms with Crippen LogP contribution in [-0.2, 0) is 16.1 Å². The second kappa shape index (κ2) is 7.77. The molecule has 2 amide bonds. The van der Waals surface area contributed by atoms with Gasteiger partial charge in [-0.1, -0.05) is 0 Å². The Balaban J connectivity index is 1.38. The Kier molecular flexibility index (Phi) is 5.35. The van der Waals surface area contributed by atoms with Gasteiger partial charge in [0, 0.05) is 51.7 Å². The summed E-state index contributed by atoms with van der Waals surface area (Å²) in [5.41, 5.74) is 3.17. The van der Waals surface area contributed by atoms with Crippen LogP contribution in [0.2, 0.25) is 0 Å². The van der Waals surface area contributed by atoms with Crippen molar-refractivity contribution in [3.63, 3.8) is 0 Å². The van der Waals surface area contributed by atoms with Gasteiger partial charge in [-0.25, -0.2) is 5.48 Å². The van der Waals surface area contributed by atoms with E-state index in [1.54, 1.807) is 17.9 Å². The minimum Gasteiger partial charge on any atom is -0.339 e. The molecule has 1 spiro atoms.